The number of carbonyl (C=O) groups is 1. The summed E-state index contributed by atoms with van der Waals surface area (Å²) < 4.78 is 16.8. The Bertz CT molecular complexity index is 651. The molecule has 0 radical (unpaired) electrons. The van der Waals surface area contributed by atoms with Gasteiger partial charge in [-0.2, -0.15) is 0 Å². The van der Waals surface area contributed by atoms with Gasteiger partial charge in [-0.25, -0.2) is 4.79 Å². The molecule has 1 N–H and O–H groups in total. The number of amides is 1. The van der Waals surface area contributed by atoms with Gasteiger partial charge in [0, 0.05) is 31.2 Å². The van der Waals surface area contributed by atoms with Crippen LogP contribution in [0, 0.1) is 0 Å². The lowest BCUT2D eigenvalue weighted by atomic mass is 9.96. The van der Waals surface area contributed by atoms with Crippen molar-refractivity contribution in [3.8, 4) is 11.5 Å². The van der Waals surface area contributed by atoms with Crippen molar-refractivity contribution in [3.05, 3.63) is 23.3 Å². The van der Waals surface area contributed by atoms with Crippen molar-refractivity contribution in [2.24, 2.45) is 0 Å². The van der Waals surface area contributed by atoms with Crippen LogP contribution in [-0.2, 0) is 11.3 Å². The normalized spacial score (nSPS) is 16.4. The average molecular weight is 407 g/mol. The first kappa shape index (κ1) is 23.3. The van der Waals surface area contributed by atoms with Gasteiger partial charge in [0.25, 0.3) is 0 Å². The van der Waals surface area contributed by atoms with Gasteiger partial charge in [-0.1, -0.05) is 13.8 Å². The predicted molar refractivity (Wildman–Crippen MR) is 116 cm³/mol. The van der Waals surface area contributed by atoms with Crippen LogP contribution >= 0.6 is 0 Å². The number of hydrogen-bond donors (Lipinski definition) is 1. The van der Waals surface area contributed by atoms with Gasteiger partial charge >= 0.3 is 6.09 Å². The minimum absolute atomic E-state index is 0.222. The van der Waals surface area contributed by atoms with Crippen molar-refractivity contribution >= 4 is 6.09 Å². The molecule has 6 heteroatoms. The fourth-order valence-corrected chi connectivity index (χ4v) is 3.54. The third kappa shape index (κ3) is 6.53. The summed E-state index contributed by atoms with van der Waals surface area (Å²) in [6, 6.07) is 4.59. The summed E-state index contributed by atoms with van der Waals surface area (Å²) in [6.07, 6.45) is 2.64. The summed E-state index contributed by atoms with van der Waals surface area (Å²) in [5.41, 5.74) is 1.81. The lowest BCUT2D eigenvalue weighted by Crippen LogP contribution is -2.46. The molecule has 6 nitrogen and oxygen atoms in total. The minimum atomic E-state index is -0.458. The minimum Gasteiger partial charge on any atom is -0.496 e. The molecular weight excluding hydrogens is 368 g/mol. The monoisotopic (exact) mass is 406 g/mol. The van der Waals surface area contributed by atoms with Crippen LogP contribution in [0.1, 0.15) is 70.9 Å². The Morgan fingerprint density at radius 1 is 1.17 bits per heavy atom. The molecule has 164 valence electrons. The number of rotatable bonds is 7. The third-order valence-electron chi connectivity index (χ3n) is 5.53. The molecule has 0 bridgehead atoms. The number of methoxy groups -OCH3 is 2. The van der Waals surface area contributed by atoms with Crippen LogP contribution in [0.3, 0.4) is 0 Å². The Balaban J connectivity index is 1.97. The number of likely N-dealkylation sites (tertiary alicyclic amines) is 1. The highest BCUT2D eigenvalue weighted by molar-refractivity contribution is 5.68. The highest BCUT2D eigenvalue weighted by Crippen LogP contribution is 2.34. The van der Waals surface area contributed by atoms with Crippen LogP contribution in [0.2, 0.25) is 0 Å². The van der Waals surface area contributed by atoms with E-state index in [4.69, 9.17) is 14.2 Å². The van der Waals surface area contributed by atoms with Crippen molar-refractivity contribution in [2.75, 3.05) is 27.3 Å². The van der Waals surface area contributed by atoms with Gasteiger partial charge in [-0.05, 0) is 63.6 Å². The highest BCUT2D eigenvalue weighted by atomic mass is 16.6. The first-order valence-electron chi connectivity index (χ1n) is 10.6. The molecule has 0 aliphatic carbocycles. The van der Waals surface area contributed by atoms with Crippen molar-refractivity contribution < 1.29 is 19.0 Å². The molecule has 1 aliphatic heterocycles. The SMILES string of the molecule is CCC(C)c1cc(OC)c(CNC2CCN(C(=O)OC(C)(C)C)CC2)c(OC)c1. The van der Waals surface area contributed by atoms with Crippen molar-refractivity contribution in [1.29, 1.82) is 0 Å². The largest absolute Gasteiger partial charge is 0.496 e. The zero-order valence-electron chi connectivity index (χ0n) is 19.1. The maximum atomic E-state index is 12.2. The van der Waals surface area contributed by atoms with E-state index in [1.165, 1.54) is 5.56 Å². The second kappa shape index (κ2) is 10.2. The predicted octanol–water partition coefficient (Wildman–Crippen LogP) is 4.71. The topological polar surface area (TPSA) is 60.0 Å². The van der Waals surface area contributed by atoms with E-state index in [9.17, 15) is 4.79 Å². The molecule has 1 amide bonds. The average Bonchev–Trinajstić information content (AvgIpc) is 2.70. The molecule has 1 fully saturated rings. The Labute approximate surface area is 175 Å². The first-order chi connectivity index (χ1) is 13.7. The molecule has 29 heavy (non-hydrogen) atoms. The molecule has 1 aromatic carbocycles. The maximum absolute atomic E-state index is 12.2. The van der Waals surface area contributed by atoms with E-state index in [1.54, 1.807) is 19.1 Å². The van der Waals surface area contributed by atoms with Gasteiger partial charge in [0.2, 0.25) is 0 Å². The van der Waals surface area contributed by atoms with E-state index >= 15 is 0 Å². The summed E-state index contributed by atoms with van der Waals surface area (Å²) in [7, 11) is 3.41. The summed E-state index contributed by atoms with van der Waals surface area (Å²) in [4.78, 5) is 14.0. The van der Waals surface area contributed by atoms with Crippen LogP contribution in [0.4, 0.5) is 4.79 Å². The van der Waals surface area contributed by atoms with Crippen LogP contribution in [-0.4, -0.2) is 49.9 Å². The number of piperidine rings is 1. The molecule has 1 atom stereocenters. The highest BCUT2D eigenvalue weighted by Gasteiger charge is 2.27. The van der Waals surface area contributed by atoms with Crippen molar-refractivity contribution in [1.82, 2.24) is 10.2 Å². The molecule has 0 spiro atoms. The quantitative estimate of drug-likeness (QED) is 0.711. The van der Waals surface area contributed by atoms with Gasteiger partial charge in [-0.3, -0.25) is 0 Å². The molecule has 1 aromatic rings. The van der Waals surface area contributed by atoms with Crippen molar-refractivity contribution in [2.45, 2.75) is 78.0 Å². The van der Waals surface area contributed by atoms with E-state index in [2.05, 4.69) is 31.3 Å². The van der Waals surface area contributed by atoms with Gasteiger partial charge in [0.15, 0.2) is 0 Å². The smallest absolute Gasteiger partial charge is 0.410 e. The molecular formula is C23H38N2O4. The van der Waals surface area contributed by atoms with Crippen LogP contribution < -0.4 is 14.8 Å². The van der Waals surface area contributed by atoms with Crippen molar-refractivity contribution in [3.63, 3.8) is 0 Å². The van der Waals surface area contributed by atoms with Crippen LogP contribution in [0.25, 0.3) is 0 Å². The van der Waals surface area contributed by atoms with E-state index in [0.717, 1.165) is 36.3 Å². The zero-order chi connectivity index (χ0) is 21.6. The number of nitrogens with one attached hydrogen (secondary N) is 1. The summed E-state index contributed by atoms with van der Waals surface area (Å²) in [5, 5.41) is 3.62. The maximum Gasteiger partial charge on any atom is 0.410 e. The zero-order valence-corrected chi connectivity index (χ0v) is 19.1. The Morgan fingerprint density at radius 3 is 2.17 bits per heavy atom. The summed E-state index contributed by atoms with van der Waals surface area (Å²) in [5.74, 6) is 2.17. The summed E-state index contributed by atoms with van der Waals surface area (Å²) in [6.45, 7) is 12.2. The molecule has 0 aromatic heterocycles. The Kier molecular flexibility index (Phi) is 8.20. The van der Waals surface area contributed by atoms with E-state index in [1.807, 2.05) is 20.8 Å². The number of ether oxygens (including phenoxy) is 3. The molecule has 0 saturated carbocycles. The fraction of sp³-hybridized carbons (Fsp3) is 0.696. The number of benzene rings is 1. The number of hydrogen-bond acceptors (Lipinski definition) is 5. The Hall–Kier alpha value is -1.95. The van der Waals surface area contributed by atoms with E-state index in [-0.39, 0.29) is 6.09 Å². The van der Waals surface area contributed by atoms with Gasteiger partial charge in [-0.15, -0.1) is 0 Å². The van der Waals surface area contributed by atoms with E-state index in [0.29, 0.717) is 31.6 Å². The van der Waals surface area contributed by atoms with Crippen LogP contribution in [0.5, 0.6) is 11.5 Å². The molecule has 2 rings (SSSR count). The fourth-order valence-electron chi connectivity index (χ4n) is 3.54. The number of nitrogens with zero attached hydrogens (tertiary/aromatic N) is 1. The van der Waals surface area contributed by atoms with Gasteiger partial charge < -0.3 is 24.4 Å². The lowest BCUT2D eigenvalue weighted by Gasteiger charge is -2.34. The third-order valence-corrected chi connectivity index (χ3v) is 5.53. The van der Waals surface area contributed by atoms with Gasteiger partial charge in [0.05, 0.1) is 14.2 Å². The van der Waals surface area contributed by atoms with Crippen LogP contribution in [0.15, 0.2) is 12.1 Å². The Morgan fingerprint density at radius 2 is 1.72 bits per heavy atom. The first-order valence-corrected chi connectivity index (χ1v) is 10.6. The number of carbonyl (C=O) groups excluding carboxylic acids is 1. The molecule has 1 unspecified atom stereocenters. The molecule has 1 aliphatic rings. The standard InChI is InChI=1S/C23H38N2O4/c1-8-16(2)17-13-20(27-6)19(21(14-17)28-7)15-24-18-9-11-25(12-10-18)22(26)29-23(3,4)5/h13-14,16,18,24H,8-12,15H2,1-7H3. The lowest BCUT2D eigenvalue weighted by molar-refractivity contribution is 0.0198. The second-order valence-corrected chi connectivity index (χ2v) is 8.84. The molecule has 1 saturated heterocycles. The molecule has 1 heterocycles. The second-order valence-electron chi connectivity index (χ2n) is 8.84. The van der Waals surface area contributed by atoms with Gasteiger partial charge in [0.1, 0.15) is 17.1 Å². The summed E-state index contributed by atoms with van der Waals surface area (Å²) >= 11 is 0. The van der Waals surface area contributed by atoms with E-state index < -0.39 is 5.60 Å².